The maximum Gasteiger partial charge on any atom is 0.145 e. The van der Waals surface area contributed by atoms with Crippen LogP contribution in [0.2, 0.25) is 0 Å². The van der Waals surface area contributed by atoms with Gasteiger partial charge in [0.25, 0.3) is 0 Å². The number of nitrogens with zero attached hydrogens (tertiary/aromatic N) is 3. The van der Waals surface area contributed by atoms with E-state index in [0.29, 0.717) is 0 Å². The first-order valence-electron chi connectivity index (χ1n) is 15.7. The molecular formula is C43H27N3. The fourth-order valence-electron chi connectivity index (χ4n) is 7.52. The van der Waals surface area contributed by atoms with Gasteiger partial charge in [-0.15, -0.1) is 0 Å². The Kier molecular flexibility index (Phi) is 5.28. The second-order valence-corrected chi connectivity index (χ2v) is 12.0. The van der Waals surface area contributed by atoms with Crippen LogP contribution in [0.25, 0.3) is 87.8 Å². The Morgan fingerprint density at radius 3 is 1.76 bits per heavy atom. The van der Waals surface area contributed by atoms with E-state index < -0.39 is 0 Å². The van der Waals surface area contributed by atoms with Gasteiger partial charge in [0.15, 0.2) is 0 Å². The molecule has 0 atom stereocenters. The highest BCUT2D eigenvalue weighted by Crippen LogP contribution is 2.41. The van der Waals surface area contributed by atoms with Crippen molar-refractivity contribution in [3.63, 3.8) is 0 Å². The first-order valence-corrected chi connectivity index (χ1v) is 15.7. The summed E-state index contributed by atoms with van der Waals surface area (Å²) >= 11 is 0. The van der Waals surface area contributed by atoms with Crippen molar-refractivity contribution in [3.05, 3.63) is 164 Å². The minimum atomic E-state index is 0.941. The third-order valence-corrected chi connectivity index (χ3v) is 9.53. The average molecular weight is 586 g/mol. The molecule has 0 unspecified atom stereocenters. The van der Waals surface area contributed by atoms with E-state index in [-0.39, 0.29) is 0 Å². The molecule has 3 heterocycles. The zero-order valence-electron chi connectivity index (χ0n) is 24.9. The molecular weight excluding hydrogens is 558 g/mol. The SMILES string of the molecule is c1ccc(-c2cnc(-n3c4ccccc4c4cc5ccc6c7ccccc7n(-c7ccccc7)c6c5cc43)c3ccccc23)cc1. The quantitative estimate of drug-likeness (QED) is 0.202. The summed E-state index contributed by atoms with van der Waals surface area (Å²) in [5, 5.41) is 9.72. The van der Waals surface area contributed by atoms with Crippen molar-refractivity contribution in [2.24, 2.45) is 0 Å². The summed E-state index contributed by atoms with van der Waals surface area (Å²) < 4.78 is 4.80. The highest BCUT2D eigenvalue weighted by Gasteiger charge is 2.20. The highest BCUT2D eigenvalue weighted by molar-refractivity contribution is 6.23. The van der Waals surface area contributed by atoms with Crippen LogP contribution in [0.3, 0.4) is 0 Å². The van der Waals surface area contributed by atoms with Crippen molar-refractivity contribution in [1.82, 2.24) is 14.1 Å². The van der Waals surface area contributed by atoms with Gasteiger partial charge in [0.05, 0.1) is 22.1 Å². The van der Waals surface area contributed by atoms with E-state index in [1.54, 1.807) is 0 Å². The fourth-order valence-corrected chi connectivity index (χ4v) is 7.52. The molecule has 0 radical (unpaired) electrons. The molecule has 0 bridgehead atoms. The van der Waals surface area contributed by atoms with E-state index in [1.807, 2.05) is 6.20 Å². The number of pyridine rings is 1. The summed E-state index contributed by atoms with van der Waals surface area (Å²) in [5.41, 5.74) is 8.20. The first-order chi connectivity index (χ1) is 22.8. The Morgan fingerprint density at radius 1 is 0.391 bits per heavy atom. The lowest BCUT2D eigenvalue weighted by Gasteiger charge is -2.14. The number of hydrogen-bond acceptors (Lipinski definition) is 1. The van der Waals surface area contributed by atoms with E-state index in [4.69, 9.17) is 4.98 Å². The van der Waals surface area contributed by atoms with Crippen LogP contribution >= 0.6 is 0 Å². The van der Waals surface area contributed by atoms with Crippen molar-refractivity contribution in [3.8, 4) is 22.6 Å². The largest absolute Gasteiger partial charge is 0.309 e. The monoisotopic (exact) mass is 585 g/mol. The maximum absolute atomic E-state index is 5.23. The van der Waals surface area contributed by atoms with Crippen LogP contribution in [0.1, 0.15) is 0 Å². The molecule has 10 rings (SSSR count). The highest BCUT2D eigenvalue weighted by atomic mass is 15.1. The molecule has 0 spiro atoms. The number of fused-ring (bicyclic) bond motifs is 9. The summed E-state index contributed by atoms with van der Waals surface area (Å²) in [6, 6.07) is 56.7. The van der Waals surface area contributed by atoms with Gasteiger partial charge in [-0.2, -0.15) is 0 Å². The molecule has 0 N–H and O–H groups in total. The van der Waals surface area contributed by atoms with E-state index in [1.165, 1.54) is 54.3 Å². The Bertz CT molecular complexity index is 2790. The van der Waals surface area contributed by atoms with Gasteiger partial charge in [0.2, 0.25) is 0 Å². The number of hydrogen-bond donors (Lipinski definition) is 0. The summed E-state index contributed by atoms with van der Waals surface area (Å²) in [5.74, 6) is 0.941. The Morgan fingerprint density at radius 2 is 1.00 bits per heavy atom. The minimum absolute atomic E-state index is 0.941. The number of benzene rings is 7. The fraction of sp³-hybridized carbons (Fsp3) is 0. The second-order valence-electron chi connectivity index (χ2n) is 12.0. The standard InChI is InChI=1S/C43H27N3/c1-3-13-28(14-4-1)38-27-44-43(35-20-8-7-17-31(35)38)46-40-22-12-10-19-33(40)37-25-29-23-24-34-32-18-9-11-21-39(32)45(30-15-5-2-6-16-30)42(34)36(29)26-41(37)46/h1-27H. The molecule has 0 aliphatic carbocycles. The minimum Gasteiger partial charge on any atom is -0.309 e. The molecule has 7 aromatic carbocycles. The maximum atomic E-state index is 5.23. The van der Waals surface area contributed by atoms with Crippen LogP contribution in [0.5, 0.6) is 0 Å². The Labute approximate surface area is 265 Å². The van der Waals surface area contributed by atoms with Gasteiger partial charge in [-0.05, 0) is 52.7 Å². The molecule has 0 saturated carbocycles. The zero-order chi connectivity index (χ0) is 30.2. The summed E-state index contributed by atoms with van der Waals surface area (Å²) in [4.78, 5) is 5.23. The van der Waals surface area contributed by atoms with Crippen LogP contribution in [0.15, 0.2) is 164 Å². The van der Waals surface area contributed by atoms with E-state index in [9.17, 15) is 0 Å². The number of rotatable bonds is 3. The first kappa shape index (κ1) is 25.2. The number of para-hydroxylation sites is 3. The molecule has 0 fully saturated rings. The van der Waals surface area contributed by atoms with Crippen molar-refractivity contribution in [2.45, 2.75) is 0 Å². The molecule has 10 aromatic rings. The smallest absolute Gasteiger partial charge is 0.145 e. The average Bonchev–Trinajstić information content (AvgIpc) is 3.64. The van der Waals surface area contributed by atoms with Gasteiger partial charge in [-0.3, -0.25) is 4.57 Å². The molecule has 3 aromatic heterocycles. The van der Waals surface area contributed by atoms with Gasteiger partial charge in [-0.1, -0.05) is 121 Å². The zero-order valence-corrected chi connectivity index (χ0v) is 24.9. The van der Waals surface area contributed by atoms with Crippen molar-refractivity contribution in [2.75, 3.05) is 0 Å². The number of aromatic nitrogens is 3. The lowest BCUT2D eigenvalue weighted by molar-refractivity contribution is 1.10. The Balaban J connectivity index is 1.36. The molecule has 0 amide bonds. The topological polar surface area (TPSA) is 22.8 Å². The van der Waals surface area contributed by atoms with Crippen LogP contribution in [-0.4, -0.2) is 14.1 Å². The van der Waals surface area contributed by atoms with Crippen molar-refractivity contribution in [1.29, 1.82) is 0 Å². The third kappa shape index (κ3) is 3.51. The summed E-state index contributed by atoms with van der Waals surface area (Å²) in [6.07, 6.45) is 2.04. The molecule has 3 nitrogen and oxygen atoms in total. The van der Waals surface area contributed by atoms with Crippen LogP contribution in [-0.2, 0) is 0 Å². The normalized spacial score (nSPS) is 11.9. The third-order valence-electron chi connectivity index (χ3n) is 9.53. The molecule has 3 heteroatoms. The van der Waals surface area contributed by atoms with E-state index in [0.717, 1.165) is 33.5 Å². The van der Waals surface area contributed by atoms with Gasteiger partial charge in [0, 0.05) is 49.8 Å². The van der Waals surface area contributed by atoms with E-state index in [2.05, 4.69) is 167 Å². The van der Waals surface area contributed by atoms with Gasteiger partial charge >= 0.3 is 0 Å². The molecule has 0 saturated heterocycles. The van der Waals surface area contributed by atoms with E-state index >= 15 is 0 Å². The molecule has 214 valence electrons. The van der Waals surface area contributed by atoms with Gasteiger partial charge < -0.3 is 4.57 Å². The molecule has 0 aliphatic rings. The Hall–Kier alpha value is -6.19. The van der Waals surface area contributed by atoms with Crippen LogP contribution in [0.4, 0.5) is 0 Å². The molecule has 0 aliphatic heterocycles. The van der Waals surface area contributed by atoms with Crippen LogP contribution in [0, 0.1) is 0 Å². The predicted molar refractivity (Wildman–Crippen MR) is 193 cm³/mol. The summed E-state index contributed by atoms with van der Waals surface area (Å²) in [7, 11) is 0. The van der Waals surface area contributed by atoms with Crippen molar-refractivity contribution >= 4 is 65.2 Å². The summed E-state index contributed by atoms with van der Waals surface area (Å²) in [6.45, 7) is 0. The predicted octanol–water partition coefficient (Wildman–Crippen LogP) is 11.2. The van der Waals surface area contributed by atoms with Gasteiger partial charge in [-0.25, -0.2) is 4.98 Å². The van der Waals surface area contributed by atoms with Crippen molar-refractivity contribution < 1.29 is 0 Å². The van der Waals surface area contributed by atoms with Gasteiger partial charge in [0.1, 0.15) is 5.82 Å². The lowest BCUT2D eigenvalue weighted by Crippen LogP contribution is -2.00. The lowest BCUT2D eigenvalue weighted by atomic mass is 10.0. The van der Waals surface area contributed by atoms with Crippen LogP contribution < -0.4 is 0 Å². The molecule has 46 heavy (non-hydrogen) atoms. The second kappa shape index (κ2) is 9.65.